The van der Waals surface area contributed by atoms with Crippen LogP contribution in [0.4, 0.5) is 15.8 Å². The van der Waals surface area contributed by atoms with Gasteiger partial charge in [-0.15, -0.1) is 0 Å². The van der Waals surface area contributed by atoms with Crippen molar-refractivity contribution >= 4 is 27.6 Å². The summed E-state index contributed by atoms with van der Waals surface area (Å²) < 4.78 is 41.8. The molecule has 10 heteroatoms. The number of piperazine rings is 1. The van der Waals surface area contributed by atoms with Crippen LogP contribution in [0.1, 0.15) is 42.3 Å². The van der Waals surface area contributed by atoms with Gasteiger partial charge in [-0.25, -0.2) is 17.8 Å². The van der Waals surface area contributed by atoms with Gasteiger partial charge in [0.25, 0.3) is 0 Å². The summed E-state index contributed by atoms with van der Waals surface area (Å²) in [6, 6.07) is 14.4. The lowest BCUT2D eigenvalue weighted by molar-refractivity contribution is 0.105. The van der Waals surface area contributed by atoms with E-state index in [2.05, 4.69) is 29.0 Å². The molecule has 0 unspecified atom stereocenters. The second kappa shape index (κ2) is 11.4. The maximum absolute atomic E-state index is 13.5. The molecule has 4 rings (SSSR count). The van der Waals surface area contributed by atoms with Crippen molar-refractivity contribution in [2.45, 2.75) is 31.7 Å². The monoisotopic (exact) mass is 534 g/mol. The first-order valence-electron chi connectivity index (χ1n) is 12.4. The van der Waals surface area contributed by atoms with Gasteiger partial charge in [-0.1, -0.05) is 13.8 Å². The van der Waals surface area contributed by atoms with Crippen molar-refractivity contribution < 1.29 is 12.8 Å². The molecule has 2 N–H and O–H groups in total. The second-order valence-electron chi connectivity index (χ2n) is 9.83. The molecule has 198 valence electrons. The average molecular weight is 535 g/mol. The number of benzene rings is 2. The van der Waals surface area contributed by atoms with Crippen LogP contribution in [-0.2, 0) is 10.0 Å². The Kier molecular flexibility index (Phi) is 8.21. The zero-order valence-corrected chi connectivity index (χ0v) is 22.5. The van der Waals surface area contributed by atoms with Crippen molar-refractivity contribution in [1.29, 1.82) is 10.7 Å². The van der Waals surface area contributed by atoms with Crippen LogP contribution in [0.25, 0.3) is 0 Å². The predicted octanol–water partition coefficient (Wildman–Crippen LogP) is 4.85. The van der Waals surface area contributed by atoms with E-state index >= 15 is 0 Å². The molecule has 1 aromatic heterocycles. The Morgan fingerprint density at radius 3 is 2.55 bits per heavy atom. The summed E-state index contributed by atoms with van der Waals surface area (Å²) in [7, 11) is -3.81. The largest absolute Gasteiger partial charge is 0.355 e. The quantitative estimate of drug-likeness (QED) is 0.400. The molecular weight excluding hydrogens is 503 g/mol. The van der Waals surface area contributed by atoms with E-state index < -0.39 is 10.0 Å². The molecule has 0 saturated carbocycles. The van der Waals surface area contributed by atoms with Crippen molar-refractivity contribution in [2.24, 2.45) is 5.92 Å². The van der Waals surface area contributed by atoms with Gasteiger partial charge in [0.05, 0.1) is 0 Å². The van der Waals surface area contributed by atoms with Crippen LogP contribution in [0.15, 0.2) is 59.6 Å². The van der Waals surface area contributed by atoms with E-state index in [9.17, 15) is 12.8 Å². The summed E-state index contributed by atoms with van der Waals surface area (Å²) in [5, 5.41) is 20.3. The molecule has 0 radical (unpaired) electrons. The number of nitrogens with one attached hydrogen (secondary N) is 2. The number of nitriles is 1. The van der Waals surface area contributed by atoms with E-state index in [1.165, 1.54) is 41.0 Å². The summed E-state index contributed by atoms with van der Waals surface area (Å²) >= 11 is 0. The number of aromatic nitrogens is 1. The fourth-order valence-electron chi connectivity index (χ4n) is 4.76. The molecule has 1 atom stereocenters. The van der Waals surface area contributed by atoms with Crippen molar-refractivity contribution in [2.75, 3.05) is 31.5 Å². The number of hydrogen-bond acceptors (Lipinski definition) is 7. The number of halogens is 1. The lowest BCUT2D eigenvalue weighted by Gasteiger charge is -2.42. The van der Waals surface area contributed by atoms with Crippen LogP contribution < -0.4 is 5.32 Å². The van der Waals surface area contributed by atoms with Crippen molar-refractivity contribution in [1.82, 2.24) is 14.2 Å². The summed E-state index contributed by atoms with van der Waals surface area (Å²) in [5.74, 6) is 0.0542. The molecule has 0 bridgehead atoms. The molecule has 2 aromatic carbocycles. The summed E-state index contributed by atoms with van der Waals surface area (Å²) in [6.07, 6.45) is 2.50. The van der Waals surface area contributed by atoms with Crippen LogP contribution >= 0.6 is 0 Å². The maximum atomic E-state index is 13.5. The lowest BCUT2D eigenvalue weighted by atomic mass is 9.94. The molecule has 38 heavy (non-hydrogen) atoms. The normalized spacial score (nSPS) is 16.8. The van der Waals surface area contributed by atoms with Gasteiger partial charge in [-0.2, -0.15) is 9.57 Å². The molecule has 1 aliphatic rings. The molecule has 1 fully saturated rings. The van der Waals surface area contributed by atoms with E-state index in [1.54, 1.807) is 12.1 Å². The third-order valence-corrected chi connectivity index (χ3v) is 8.47. The molecule has 1 aliphatic heterocycles. The third kappa shape index (κ3) is 5.91. The first-order valence-corrected chi connectivity index (χ1v) is 13.8. The molecule has 1 saturated heterocycles. The Hall–Kier alpha value is -3.65. The number of rotatable bonds is 8. The summed E-state index contributed by atoms with van der Waals surface area (Å²) in [6.45, 7) is 8.18. The molecule has 0 aliphatic carbocycles. The molecular formula is C28H31FN6O2S. The van der Waals surface area contributed by atoms with E-state index in [-0.39, 0.29) is 29.0 Å². The van der Waals surface area contributed by atoms with Crippen LogP contribution in [0, 0.1) is 35.4 Å². The zero-order valence-electron chi connectivity index (χ0n) is 21.6. The van der Waals surface area contributed by atoms with Crippen LogP contribution in [-0.4, -0.2) is 55.0 Å². The van der Waals surface area contributed by atoms with Gasteiger partial charge in [-0.3, -0.25) is 4.90 Å². The number of sulfonamides is 1. The first kappa shape index (κ1) is 27.4. The van der Waals surface area contributed by atoms with Gasteiger partial charge in [0.15, 0.2) is 0 Å². The van der Waals surface area contributed by atoms with Crippen LogP contribution in [0.3, 0.4) is 0 Å². The lowest BCUT2D eigenvalue weighted by Crippen LogP contribution is -2.51. The topological polar surface area (TPSA) is 113 Å². The Bertz CT molecular complexity index is 1450. The molecule has 8 nitrogen and oxygen atoms in total. The minimum Gasteiger partial charge on any atom is -0.355 e. The Balaban J connectivity index is 1.68. The highest BCUT2D eigenvalue weighted by atomic mass is 32.2. The summed E-state index contributed by atoms with van der Waals surface area (Å²) in [5.41, 5.74) is 4.13. The van der Waals surface area contributed by atoms with E-state index in [4.69, 9.17) is 10.7 Å². The van der Waals surface area contributed by atoms with Gasteiger partial charge in [0.1, 0.15) is 22.5 Å². The predicted molar refractivity (Wildman–Crippen MR) is 146 cm³/mol. The fraction of sp³-hybridized carbons (Fsp3) is 0.321. The van der Waals surface area contributed by atoms with Gasteiger partial charge < -0.3 is 10.7 Å². The molecule has 3 aromatic rings. The Morgan fingerprint density at radius 1 is 1.21 bits per heavy atom. The van der Waals surface area contributed by atoms with E-state index in [0.29, 0.717) is 35.9 Å². The average Bonchev–Trinajstić information content (AvgIpc) is 2.90. The SMILES string of the molecule is Cc1cc(Nc2ccc(F)cc2)c(C=N)cc1[C@H]1CN(S(=O)(=O)c2ccc(C#N)nc2)CCN1CC(C)C. The highest BCUT2D eigenvalue weighted by Crippen LogP contribution is 2.34. The smallest absolute Gasteiger partial charge is 0.244 e. The third-order valence-electron chi connectivity index (χ3n) is 6.62. The maximum Gasteiger partial charge on any atom is 0.244 e. The van der Waals surface area contributed by atoms with Gasteiger partial charge in [-0.05, 0) is 72.5 Å². The van der Waals surface area contributed by atoms with Crippen LogP contribution in [0.5, 0.6) is 0 Å². The number of aryl methyl sites for hydroxylation is 1. The molecule has 0 amide bonds. The number of anilines is 2. The van der Waals surface area contributed by atoms with Gasteiger partial charge >= 0.3 is 0 Å². The molecule has 2 heterocycles. The Labute approximate surface area is 223 Å². The molecule has 0 spiro atoms. The number of nitrogens with zero attached hydrogens (tertiary/aromatic N) is 4. The second-order valence-corrected chi connectivity index (χ2v) is 11.8. The van der Waals surface area contributed by atoms with E-state index in [1.807, 2.05) is 25.1 Å². The van der Waals surface area contributed by atoms with Crippen molar-refractivity contribution in [3.8, 4) is 6.07 Å². The van der Waals surface area contributed by atoms with Crippen molar-refractivity contribution in [3.05, 3.63) is 82.9 Å². The van der Waals surface area contributed by atoms with Gasteiger partial charge in [0.2, 0.25) is 10.0 Å². The highest BCUT2D eigenvalue weighted by molar-refractivity contribution is 7.89. The first-order chi connectivity index (χ1) is 18.1. The van der Waals surface area contributed by atoms with Gasteiger partial charge in [0, 0.05) is 61.6 Å². The minimum atomic E-state index is -3.81. The number of hydrogen-bond donors (Lipinski definition) is 2. The Morgan fingerprint density at radius 2 is 1.95 bits per heavy atom. The number of pyridine rings is 1. The van der Waals surface area contributed by atoms with Crippen LogP contribution in [0.2, 0.25) is 0 Å². The standard InChI is InChI=1S/C28H31FN6O2S/c1-19(2)17-34-10-11-35(38(36,37)25-9-8-24(15-31)32-16-25)18-28(34)26-13-21(14-30)27(12-20(26)3)33-23-6-4-22(29)5-7-23/h4-9,12-14,16,19,28,30,33H,10-11,17-18H2,1-3H3/t28-/m1/s1. The highest BCUT2D eigenvalue weighted by Gasteiger charge is 2.36. The fourth-order valence-corrected chi connectivity index (χ4v) is 6.15. The van der Waals surface area contributed by atoms with Crippen molar-refractivity contribution in [3.63, 3.8) is 0 Å². The summed E-state index contributed by atoms with van der Waals surface area (Å²) in [4.78, 5) is 6.31. The minimum absolute atomic E-state index is 0.0586. The van der Waals surface area contributed by atoms with E-state index in [0.717, 1.165) is 17.7 Å². The zero-order chi connectivity index (χ0) is 27.4.